The fourth-order valence-electron chi connectivity index (χ4n) is 1.66. The summed E-state index contributed by atoms with van der Waals surface area (Å²) in [4.78, 5) is 3.92. The highest BCUT2D eigenvalue weighted by Gasteiger charge is 2.09. The van der Waals surface area contributed by atoms with Gasteiger partial charge in [-0.3, -0.25) is 0 Å². The third kappa shape index (κ3) is 3.05. The summed E-state index contributed by atoms with van der Waals surface area (Å²) >= 11 is 0. The Hall–Kier alpha value is -2.48. The highest BCUT2D eigenvalue weighted by molar-refractivity contribution is 5.45. The minimum atomic E-state index is -0.871. The van der Waals surface area contributed by atoms with Crippen molar-refractivity contribution in [2.45, 2.75) is 13.0 Å². The van der Waals surface area contributed by atoms with Gasteiger partial charge in [-0.15, -0.1) is 0 Å². The molecule has 0 saturated carbocycles. The number of anilines is 1. The molecule has 1 unspecified atom stereocenters. The molecule has 2 aromatic rings. The maximum absolute atomic E-state index is 13.1. The molecule has 3 nitrogen and oxygen atoms in total. The van der Waals surface area contributed by atoms with E-state index in [0.717, 1.165) is 12.1 Å². The van der Waals surface area contributed by atoms with Gasteiger partial charge in [0.05, 0.1) is 11.9 Å². The van der Waals surface area contributed by atoms with Crippen LogP contribution in [0.2, 0.25) is 0 Å². The van der Waals surface area contributed by atoms with Gasteiger partial charge in [-0.1, -0.05) is 6.07 Å². The van der Waals surface area contributed by atoms with Crippen LogP contribution in [0.15, 0.2) is 36.5 Å². The summed E-state index contributed by atoms with van der Waals surface area (Å²) in [6.45, 7) is 1.82. The summed E-state index contributed by atoms with van der Waals surface area (Å²) in [7, 11) is 0. The highest BCUT2D eigenvalue weighted by Crippen LogP contribution is 2.20. The van der Waals surface area contributed by atoms with E-state index in [2.05, 4.69) is 10.3 Å². The molecule has 0 spiro atoms. The van der Waals surface area contributed by atoms with Gasteiger partial charge in [-0.25, -0.2) is 13.8 Å². The molecule has 19 heavy (non-hydrogen) atoms. The number of hydrogen-bond acceptors (Lipinski definition) is 3. The standard InChI is InChI=1S/C14H11F2N3/c1-9(10-2-5-13(15)14(16)6-10)19-12-4-3-11(7-17)18-8-12/h2-6,8-9,19H,1H3. The molecule has 5 heteroatoms. The van der Waals surface area contributed by atoms with Crippen LogP contribution < -0.4 is 5.32 Å². The molecule has 0 aliphatic rings. The molecule has 1 atom stereocenters. The molecule has 0 bridgehead atoms. The van der Waals surface area contributed by atoms with Crippen LogP contribution in [0.4, 0.5) is 14.5 Å². The molecule has 96 valence electrons. The van der Waals surface area contributed by atoms with Crippen LogP contribution in [0.1, 0.15) is 24.2 Å². The zero-order valence-corrected chi connectivity index (χ0v) is 10.2. The van der Waals surface area contributed by atoms with E-state index in [4.69, 9.17) is 5.26 Å². The minimum absolute atomic E-state index is 0.204. The normalized spacial score (nSPS) is 11.7. The van der Waals surface area contributed by atoms with Crippen molar-refractivity contribution in [1.82, 2.24) is 4.98 Å². The van der Waals surface area contributed by atoms with Crippen LogP contribution >= 0.6 is 0 Å². The summed E-state index contributed by atoms with van der Waals surface area (Å²) in [5.41, 5.74) is 1.66. The van der Waals surface area contributed by atoms with Crippen LogP contribution in [0.5, 0.6) is 0 Å². The number of aromatic nitrogens is 1. The smallest absolute Gasteiger partial charge is 0.159 e. The molecule has 0 fully saturated rings. The lowest BCUT2D eigenvalue weighted by molar-refractivity contribution is 0.506. The number of nitriles is 1. The minimum Gasteiger partial charge on any atom is -0.377 e. The topological polar surface area (TPSA) is 48.7 Å². The van der Waals surface area contributed by atoms with Crippen molar-refractivity contribution >= 4 is 5.69 Å². The largest absolute Gasteiger partial charge is 0.377 e. The zero-order valence-electron chi connectivity index (χ0n) is 10.2. The second-order valence-electron chi connectivity index (χ2n) is 4.08. The summed E-state index contributed by atoms with van der Waals surface area (Å²) in [6.07, 6.45) is 1.52. The Morgan fingerprint density at radius 1 is 1.21 bits per heavy atom. The average molecular weight is 259 g/mol. The highest BCUT2D eigenvalue weighted by atomic mass is 19.2. The molecule has 0 aliphatic heterocycles. The maximum Gasteiger partial charge on any atom is 0.159 e. The molecule has 0 saturated heterocycles. The fraction of sp³-hybridized carbons (Fsp3) is 0.143. The van der Waals surface area contributed by atoms with Crippen molar-refractivity contribution in [3.63, 3.8) is 0 Å². The van der Waals surface area contributed by atoms with Crippen molar-refractivity contribution in [3.8, 4) is 6.07 Å². The predicted octanol–water partition coefficient (Wildman–Crippen LogP) is 3.40. The quantitative estimate of drug-likeness (QED) is 0.918. The molecule has 1 heterocycles. The van der Waals surface area contributed by atoms with Gasteiger partial charge in [0, 0.05) is 6.04 Å². The predicted molar refractivity (Wildman–Crippen MR) is 67.3 cm³/mol. The van der Waals surface area contributed by atoms with Crippen LogP contribution in [0, 0.1) is 23.0 Å². The first-order valence-electron chi connectivity index (χ1n) is 5.68. The summed E-state index contributed by atoms with van der Waals surface area (Å²) in [5, 5.41) is 11.7. The fourth-order valence-corrected chi connectivity index (χ4v) is 1.66. The third-order valence-electron chi connectivity index (χ3n) is 2.70. The van der Waals surface area contributed by atoms with E-state index >= 15 is 0 Å². The first-order valence-corrected chi connectivity index (χ1v) is 5.68. The average Bonchev–Trinajstić information content (AvgIpc) is 2.42. The van der Waals surface area contributed by atoms with Gasteiger partial charge in [0.1, 0.15) is 11.8 Å². The Morgan fingerprint density at radius 3 is 2.58 bits per heavy atom. The maximum atomic E-state index is 13.1. The number of pyridine rings is 1. The third-order valence-corrected chi connectivity index (χ3v) is 2.70. The second kappa shape index (κ2) is 5.44. The number of nitrogens with zero attached hydrogens (tertiary/aromatic N) is 2. The molecule has 1 aromatic carbocycles. The van der Waals surface area contributed by atoms with Crippen LogP contribution in [0.3, 0.4) is 0 Å². The SMILES string of the molecule is CC(Nc1ccc(C#N)nc1)c1ccc(F)c(F)c1. The Morgan fingerprint density at radius 2 is 2.00 bits per heavy atom. The van der Waals surface area contributed by atoms with E-state index in [-0.39, 0.29) is 6.04 Å². The Labute approximate surface area is 109 Å². The Kier molecular flexibility index (Phi) is 3.71. The second-order valence-corrected chi connectivity index (χ2v) is 4.08. The summed E-state index contributed by atoms with van der Waals surface area (Å²) < 4.78 is 26.0. The molecular formula is C14H11F2N3. The monoisotopic (exact) mass is 259 g/mol. The van der Waals surface area contributed by atoms with E-state index in [1.165, 1.54) is 12.3 Å². The molecule has 0 amide bonds. The first kappa shape index (κ1) is 13.0. The number of halogens is 2. The van der Waals surface area contributed by atoms with E-state index in [1.807, 2.05) is 13.0 Å². The van der Waals surface area contributed by atoms with E-state index < -0.39 is 11.6 Å². The van der Waals surface area contributed by atoms with Crippen molar-refractivity contribution in [1.29, 1.82) is 5.26 Å². The lowest BCUT2D eigenvalue weighted by Gasteiger charge is -2.15. The van der Waals surface area contributed by atoms with Crippen molar-refractivity contribution in [2.75, 3.05) is 5.32 Å². The van der Waals surface area contributed by atoms with Crippen molar-refractivity contribution in [3.05, 3.63) is 59.4 Å². The van der Waals surface area contributed by atoms with Gasteiger partial charge >= 0.3 is 0 Å². The van der Waals surface area contributed by atoms with E-state index in [1.54, 1.807) is 12.1 Å². The van der Waals surface area contributed by atoms with Crippen LogP contribution in [-0.4, -0.2) is 4.98 Å². The van der Waals surface area contributed by atoms with Crippen LogP contribution in [0.25, 0.3) is 0 Å². The molecule has 1 N–H and O–H groups in total. The zero-order chi connectivity index (χ0) is 13.8. The lowest BCUT2D eigenvalue weighted by Crippen LogP contribution is -2.07. The number of benzene rings is 1. The lowest BCUT2D eigenvalue weighted by atomic mass is 10.1. The molecule has 1 aromatic heterocycles. The number of nitrogens with one attached hydrogen (secondary N) is 1. The Balaban J connectivity index is 2.13. The number of hydrogen-bond donors (Lipinski definition) is 1. The van der Waals surface area contributed by atoms with Gasteiger partial charge in [-0.05, 0) is 36.8 Å². The van der Waals surface area contributed by atoms with Crippen LogP contribution in [-0.2, 0) is 0 Å². The molecule has 2 rings (SSSR count). The molecule has 0 aliphatic carbocycles. The van der Waals surface area contributed by atoms with E-state index in [0.29, 0.717) is 16.9 Å². The van der Waals surface area contributed by atoms with Gasteiger partial charge < -0.3 is 5.32 Å². The van der Waals surface area contributed by atoms with Gasteiger partial charge in [-0.2, -0.15) is 5.26 Å². The summed E-state index contributed by atoms with van der Waals surface area (Å²) in [6, 6.07) is 8.79. The first-order chi connectivity index (χ1) is 9.10. The van der Waals surface area contributed by atoms with Crippen molar-refractivity contribution < 1.29 is 8.78 Å². The van der Waals surface area contributed by atoms with Gasteiger partial charge in [0.2, 0.25) is 0 Å². The van der Waals surface area contributed by atoms with Crippen molar-refractivity contribution in [2.24, 2.45) is 0 Å². The number of rotatable bonds is 3. The Bertz CT molecular complexity index is 618. The summed E-state index contributed by atoms with van der Waals surface area (Å²) in [5.74, 6) is -1.74. The van der Waals surface area contributed by atoms with E-state index in [9.17, 15) is 8.78 Å². The molecular weight excluding hydrogens is 248 g/mol. The molecule has 0 radical (unpaired) electrons. The van der Waals surface area contributed by atoms with Gasteiger partial charge in [0.15, 0.2) is 11.6 Å². The van der Waals surface area contributed by atoms with Gasteiger partial charge in [0.25, 0.3) is 0 Å².